The van der Waals surface area contributed by atoms with Crippen molar-refractivity contribution < 1.29 is 17.9 Å². The van der Waals surface area contributed by atoms with Crippen molar-refractivity contribution in [3.63, 3.8) is 0 Å². The van der Waals surface area contributed by atoms with Crippen molar-refractivity contribution in [1.29, 1.82) is 0 Å². The maximum Gasteiger partial charge on any atom is 0.411 e. The largest absolute Gasteiger partial charge is 0.411 e. The third-order valence-corrected chi connectivity index (χ3v) is 5.07. The van der Waals surface area contributed by atoms with Gasteiger partial charge in [0, 0.05) is 18.6 Å². The van der Waals surface area contributed by atoms with Crippen molar-refractivity contribution in [3.05, 3.63) is 53.7 Å². The van der Waals surface area contributed by atoms with Crippen LogP contribution in [0, 0.1) is 13.8 Å². The van der Waals surface area contributed by atoms with Gasteiger partial charge < -0.3 is 4.74 Å². The van der Waals surface area contributed by atoms with Gasteiger partial charge in [-0.05, 0) is 44.0 Å². The van der Waals surface area contributed by atoms with Crippen LogP contribution in [0.1, 0.15) is 17.5 Å². The Bertz CT molecular complexity index is 945. The average molecular weight is 422 g/mol. The first-order chi connectivity index (χ1) is 13.8. The molecule has 0 fully saturated rings. The van der Waals surface area contributed by atoms with E-state index in [0.29, 0.717) is 28.8 Å². The summed E-state index contributed by atoms with van der Waals surface area (Å²) in [4.78, 5) is 4.38. The highest BCUT2D eigenvalue weighted by Crippen LogP contribution is 2.29. The number of aromatic nitrogens is 4. The molecule has 0 saturated heterocycles. The lowest BCUT2D eigenvalue weighted by molar-refractivity contribution is -0.173. The van der Waals surface area contributed by atoms with Gasteiger partial charge in [-0.1, -0.05) is 35.5 Å². The van der Waals surface area contributed by atoms with Crippen LogP contribution >= 0.6 is 11.8 Å². The Labute approximate surface area is 171 Å². The maximum atomic E-state index is 12.1. The fourth-order valence-corrected chi connectivity index (χ4v) is 3.67. The Morgan fingerprint density at radius 3 is 2.62 bits per heavy atom. The number of nitrogens with zero attached hydrogens (tertiary/aromatic N) is 4. The number of rotatable bonds is 8. The van der Waals surface area contributed by atoms with E-state index in [4.69, 9.17) is 0 Å². The van der Waals surface area contributed by atoms with Crippen LogP contribution in [0.3, 0.4) is 0 Å². The van der Waals surface area contributed by atoms with Gasteiger partial charge in [0.2, 0.25) is 0 Å². The lowest BCUT2D eigenvalue weighted by Crippen LogP contribution is -2.17. The summed E-state index contributed by atoms with van der Waals surface area (Å²) in [5.41, 5.74) is 3.85. The molecular weight excluding hydrogens is 401 g/mol. The van der Waals surface area contributed by atoms with Crippen molar-refractivity contribution in [2.75, 3.05) is 19.0 Å². The molecule has 3 aromatic rings. The van der Waals surface area contributed by atoms with Gasteiger partial charge in [0.25, 0.3) is 0 Å². The minimum atomic E-state index is -4.30. The molecule has 0 atom stereocenters. The summed E-state index contributed by atoms with van der Waals surface area (Å²) in [6.45, 7) is 2.86. The molecule has 0 saturated carbocycles. The molecule has 0 aliphatic carbocycles. The van der Waals surface area contributed by atoms with Crippen LogP contribution in [0.4, 0.5) is 13.2 Å². The van der Waals surface area contributed by atoms with Gasteiger partial charge in [-0.15, -0.1) is 10.2 Å². The topological polar surface area (TPSA) is 52.8 Å². The predicted molar refractivity (Wildman–Crippen MR) is 106 cm³/mol. The molecule has 0 amide bonds. The van der Waals surface area contributed by atoms with E-state index in [0.717, 1.165) is 16.8 Å². The molecule has 29 heavy (non-hydrogen) atoms. The van der Waals surface area contributed by atoms with Gasteiger partial charge in [0.15, 0.2) is 11.0 Å². The number of aryl methyl sites for hydroxylation is 2. The van der Waals surface area contributed by atoms with Crippen molar-refractivity contribution in [1.82, 2.24) is 19.7 Å². The normalized spacial score (nSPS) is 11.8. The van der Waals surface area contributed by atoms with Crippen molar-refractivity contribution >= 4 is 11.8 Å². The summed E-state index contributed by atoms with van der Waals surface area (Å²) in [5.74, 6) is 1.18. The van der Waals surface area contributed by atoms with E-state index in [1.807, 2.05) is 48.7 Å². The van der Waals surface area contributed by atoms with Crippen molar-refractivity contribution in [2.24, 2.45) is 0 Å². The highest BCUT2D eigenvalue weighted by Gasteiger charge is 2.27. The summed E-state index contributed by atoms with van der Waals surface area (Å²) >= 11 is 1.43. The first kappa shape index (κ1) is 21.3. The van der Waals surface area contributed by atoms with Gasteiger partial charge in [-0.3, -0.25) is 9.55 Å². The van der Waals surface area contributed by atoms with E-state index < -0.39 is 12.8 Å². The molecule has 0 aliphatic heterocycles. The highest BCUT2D eigenvalue weighted by molar-refractivity contribution is 7.99. The standard InChI is InChI=1S/C20H21F3N4OS/c1-14-7-8-17(15(2)12-14)27-18(16-6-3-4-9-24-16)25-26-19(27)29-11-5-10-28-13-20(21,22)23/h3-4,6-9,12H,5,10-11,13H2,1-2H3. The summed E-state index contributed by atoms with van der Waals surface area (Å²) in [7, 11) is 0. The Hall–Kier alpha value is -2.39. The third-order valence-electron chi connectivity index (χ3n) is 4.05. The Balaban J connectivity index is 1.80. The minimum absolute atomic E-state index is 0.0390. The number of alkyl halides is 3. The summed E-state index contributed by atoms with van der Waals surface area (Å²) in [6.07, 6.45) is -2.13. The van der Waals surface area contributed by atoms with E-state index >= 15 is 0 Å². The minimum Gasteiger partial charge on any atom is -0.372 e. The molecule has 0 bridgehead atoms. The fraction of sp³-hybridized carbons (Fsp3) is 0.350. The van der Waals surface area contributed by atoms with Crippen LogP contribution in [0.15, 0.2) is 47.8 Å². The van der Waals surface area contributed by atoms with Gasteiger partial charge in [-0.2, -0.15) is 13.2 Å². The lowest BCUT2D eigenvalue weighted by atomic mass is 10.1. The van der Waals surface area contributed by atoms with E-state index in [1.165, 1.54) is 11.8 Å². The van der Waals surface area contributed by atoms with Gasteiger partial charge in [0.05, 0.1) is 5.69 Å². The van der Waals surface area contributed by atoms with Crippen LogP contribution in [0.5, 0.6) is 0 Å². The second-order valence-corrected chi connectivity index (χ2v) is 7.58. The molecule has 9 heteroatoms. The zero-order valence-electron chi connectivity index (χ0n) is 16.1. The molecule has 1 aromatic carbocycles. The smallest absolute Gasteiger partial charge is 0.372 e. The zero-order valence-corrected chi connectivity index (χ0v) is 16.9. The molecule has 2 heterocycles. The predicted octanol–water partition coefficient (Wildman–Crippen LogP) is 5.01. The van der Waals surface area contributed by atoms with Gasteiger partial charge in [0.1, 0.15) is 12.3 Å². The Morgan fingerprint density at radius 2 is 1.93 bits per heavy atom. The quantitative estimate of drug-likeness (QED) is 0.377. The number of ether oxygens (including phenoxy) is 1. The number of halogens is 3. The molecule has 0 radical (unpaired) electrons. The second kappa shape index (κ2) is 9.41. The van der Waals surface area contributed by atoms with Gasteiger partial charge >= 0.3 is 6.18 Å². The maximum absolute atomic E-state index is 12.1. The van der Waals surface area contributed by atoms with E-state index in [-0.39, 0.29) is 6.61 Å². The zero-order chi connectivity index (χ0) is 20.9. The number of pyridine rings is 1. The average Bonchev–Trinajstić information content (AvgIpc) is 3.08. The number of thioether (sulfide) groups is 1. The molecule has 0 N–H and O–H groups in total. The third kappa shape index (κ3) is 5.80. The first-order valence-corrected chi connectivity index (χ1v) is 10.1. The SMILES string of the molecule is Cc1ccc(-n2c(SCCCOCC(F)(F)F)nnc2-c2ccccn2)c(C)c1. The van der Waals surface area contributed by atoms with E-state index in [2.05, 4.69) is 26.0 Å². The summed E-state index contributed by atoms with van der Waals surface area (Å²) in [6, 6.07) is 11.7. The number of hydrogen-bond acceptors (Lipinski definition) is 5. The molecule has 5 nitrogen and oxygen atoms in total. The van der Waals surface area contributed by atoms with Crippen LogP contribution in [0.25, 0.3) is 17.2 Å². The molecule has 0 spiro atoms. The number of benzene rings is 1. The first-order valence-electron chi connectivity index (χ1n) is 9.07. The molecule has 3 rings (SSSR count). The number of hydrogen-bond donors (Lipinski definition) is 0. The van der Waals surface area contributed by atoms with Crippen LogP contribution in [-0.4, -0.2) is 44.9 Å². The summed E-state index contributed by atoms with van der Waals surface area (Å²) < 4.78 is 43.0. The molecule has 0 aliphatic rings. The highest BCUT2D eigenvalue weighted by atomic mass is 32.2. The molecular formula is C20H21F3N4OS. The molecule has 0 unspecified atom stereocenters. The fourth-order valence-electron chi connectivity index (χ4n) is 2.81. The van der Waals surface area contributed by atoms with Crippen LogP contribution in [-0.2, 0) is 4.74 Å². The molecule has 2 aromatic heterocycles. The van der Waals surface area contributed by atoms with E-state index in [1.54, 1.807) is 6.20 Å². The lowest BCUT2D eigenvalue weighted by Gasteiger charge is -2.13. The van der Waals surface area contributed by atoms with E-state index in [9.17, 15) is 13.2 Å². The van der Waals surface area contributed by atoms with Gasteiger partial charge in [-0.25, -0.2) is 0 Å². The second-order valence-electron chi connectivity index (χ2n) is 6.52. The Kier molecular flexibility index (Phi) is 6.92. The Morgan fingerprint density at radius 1 is 1.10 bits per heavy atom. The van der Waals surface area contributed by atoms with Crippen molar-refractivity contribution in [2.45, 2.75) is 31.6 Å². The monoisotopic (exact) mass is 422 g/mol. The summed E-state index contributed by atoms with van der Waals surface area (Å²) in [5, 5.41) is 9.29. The van der Waals surface area contributed by atoms with Crippen molar-refractivity contribution in [3.8, 4) is 17.2 Å². The molecule has 154 valence electrons. The van der Waals surface area contributed by atoms with Crippen LogP contribution < -0.4 is 0 Å². The van der Waals surface area contributed by atoms with Crippen LogP contribution in [0.2, 0.25) is 0 Å².